The van der Waals surface area contributed by atoms with Crippen LogP contribution in [0.25, 0.3) is 5.76 Å². The van der Waals surface area contributed by atoms with E-state index in [1.54, 1.807) is 32.0 Å². The van der Waals surface area contributed by atoms with Gasteiger partial charge in [-0.3, -0.25) is 9.59 Å². The molecule has 2 N–H and O–H groups in total. The van der Waals surface area contributed by atoms with E-state index in [2.05, 4.69) is 23.7 Å². The summed E-state index contributed by atoms with van der Waals surface area (Å²) in [5.74, 6) is -1.50. The van der Waals surface area contributed by atoms with Gasteiger partial charge >= 0.3 is 5.97 Å². The molecule has 0 bridgehead atoms. The molecule has 10 nitrogen and oxygen atoms in total. The Bertz CT molecular complexity index is 1240. The van der Waals surface area contributed by atoms with Crippen molar-refractivity contribution in [3.05, 3.63) is 51.9 Å². The number of methoxy groups -OCH3 is 3. The average Bonchev–Trinajstić information content (AvgIpc) is 3.36. The van der Waals surface area contributed by atoms with Gasteiger partial charge in [-0.05, 0) is 63.2 Å². The molecule has 1 saturated heterocycles. The molecule has 10 heteroatoms. The van der Waals surface area contributed by atoms with Crippen molar-refractivity contribution in [3.63, 3.8) is 0 Å². The molecular formula is C28H37N3O7. The van der Waals surface area contributed by atoms with E-state index in [1.165, 1.54) is 26.2 Å². The van der Waals surface area contributed by atoms with Gasteiger partial charge in [0, 0.05) is 17.8 Å². The number of nitrogens with zero attached hydrogens (tertiary/aromatic N) is 2. The minimum Gasteiger partial charge on any atom is -0.507 e. The van der Waals surface area contributed by atoms with Crippen LogP contribution in [0.1, 0.15) is 59.2 Å². The number of nitrogens with one attached hydrogen (secondary N) is 1. The van der Waals surface area contributed by atoms with Crippen molar-refractivity contribution in [1.82, 2.24) is 14.8 Å². The molecule has 1 atom stereocenters. The van der Waals surface area contributed by atoms with Gasteiger partial charge in [0.1, 0.15) is 11.5 Å². The number of amides is 1. The highest BCUT2D eigenvalue weighted by Gasteiger charge is 2.46. The smallest absolute Gasteiger partial charge is 0.354 e. The van der Waals surface area contributed by atoms with Crippen LogP contribution in [0.3, 0.4) is 0 Å². The van der Waals surface area contributed by atoms with Crippen LogP contribution in [0.4, 0.5) is 0 Å². The van der Waals surface area contributed by atoms with E-state index in [1.807, 2.05) is 0 Å². The third-order valence-corrected chi connectivity index (χ3v) is 7.09. The maximum absolute atomic E-state index is 13.4. The van der Waals surface area contributed by atoms with Crippen LogP contribution in [-0.2, 0) is 14.3 Å². The molecule has 1 fully saturated rings. The number of hydrogen-bond acceptors (Lipinski definition) is 8. The fourth-order valence-electron chi connectivity index (χ4n) is 5.03. The number of hydrogen-bond donors (Lipinski definition) is 2. The number of benzene rings is 1. The van der Waals surface area contributed by atoms with E-state index in [0.717, 1.165) is 19.6 Å². The molecule has 1 amide bonds. The van der Waals surface area contributed by atoms with Gasteiger partial charge in [-0.2, -0.15) is 0 Å². The van der Waals surface area contributed by atoms with E-state index in [4.69, 9.17) is 14.2 Å². The lowest BCUT2D eigenvalue weighted by molar-refractivity contribution is -0.140. The van der Waals surface area contributed by atoms with Gasteiger partial charge in [0.15, 0.2) is 11.5 Å². The molecule has 1 aromatic heterocycles. The molecule has 0 saturated carbocycles. The Morgan fingerprint density at radius 2 is 1.74 bits per heavy atom. The molecule has 0 spiro atoms. The van der Waals surface area contributed by atoms with Gasteiger partial charge in [-0.25, -0.2) is 4.79 Å². The number of aryl methyl sites for hydroxylation is 1. The number of H-pyrrole nitrogens is 1. The standard InChI is InChI=1S/C28H37N3O7/c1-8-30(9-2)13-10-14-31-24(18-11-12-19(36-5)20(15-18)37-6)22(26(33)27(31)34)25(32)21-16(3)23(28(35)38-7)29-17(21)4/h11-12,15,24,29,32H,8-10,13-14H2,1-7H3/b25-22+/t24-/m1/s1. The third kappa shape index (κ3) is 5.26. The molecule has 3 rings (SSSR count). The lowest BCUT2D eigenvalue weighted by Gasteiger charge is -2.27. The van der Waals surface area contributed by atoms with Gasteiger partial charge in [-0.15, -0.1) is 0 Å². The monoisotopic (exact) mass is 527 g/mol. The average molecular weight is 528 g/mol. The van der Waals surface area contributed by atoms with Gasteiger partial charge in [0.2, 0.25) is 0 Å². The van der Waals surface area contributed by atoms with Crippen molar-refractivity contribution in [2.24, 2.45) is 0 Å². The van der Waals surface area contributed by atoms with Crippen molar-refractivity contribution in [2.75, 3.05) is 47.5 Å². The number of aromatic amines is 1. The van der Waals surface area contributed by atoms with E-state index in [-0.39, 0.29) is 22.6 Å². The van der Waals surface area contributed by atoms with Crippen LogP contribution >= 0.6 is 0 Å². The number of Topliss-reactive ketones (excluding diaryl/α,β-unsaturated/α-hetero) is 1. The number of rotatable bonds is 11. The Labute approximate surface area is 223 Å². The molecule has 0 aliphatic carbocycles. The Kier molecular flexibility index (Phi) is 9.22. The van der Waals surface area contributed by atoms with E-state index >= 15 is 0 Å². The zero-order valence-electron chi connectivity index (χ0n) is 23.1. The van der Waals surface area contributed by atoms with Gasteiger partial charge in [-0.1, -0.05) is 19.9 Å². The Morgan fingerprint density at radius 3 is 2.32 bits per heavy atom. The number of ether oxygens (including phenoxy) is 3. The summed E-state index contributed by atoms with van der Waals surface area (Å²) in [5, 5.41) is 11.5. The molecule has 0 unspecified atom stereocenters. The van der Waals surface area contributed by atoms with Crippen molar-refractivity contribution >= 4 is 23.4 Å². The van der Waals surface area contributed by atoms with E-state index < -0.39 is 23.7 Å². The molecular weight excluding hydrogens is 490 g/mol. The summed E-state index contributed by atoms with van der Waals surface area (Å²) < 4.78 is 15.7. The first-order valence-electron chi connectivity index (χ1n) is 12.6. The summed E-state index contributed by atoms with van der Waals surface area (Å²) in [6, 6.07) is 4.30. The lowest BCUT2D eigenvalue weighted by atomic mass is 9.93. The molecule has 2 heterocycles. The first-order chi connectivity index (χ1) is 18.1. The van der Waals surface area contributed by atoms with Crippen LogP contribution in [0, 0.1) is 13.8 Å². The number of aliphatic hydroxyl groups excluding tert-OH is 1. The maximum atomic E-state index is 13.4. The molecule has 1 aliphatic rings. The zero-order valence-corrected chi connectivity index (χ0v) is 23.1. The van der Waals surface area contributed by atoms with Gasteiger partial charge in [0.05, 0.1) is 32.9 Å². The number of carbonyl (C=O) groups excluding carboxylic acids is 3. The number of likely N-dealkylation sites (tertiary alicyclic amines) is 1. The topological polar surface area (TPSA) is 121 Å². The zero-order chi connectivity index (χ0) is 28.1. The van der Waals surface area contributed by atoms with E-state index in [9.17, 15) is 19.5 Å². The summed E-state index contributed by atoms with van der Waals surface area (Å²) in [6.07, 6.45) is 0.646. The Balaban J connectivity index is 2.18. The minimum absolute atomic E-state index is 0.0494. The van der Waals surface area contributed by atoms with Crippen molar-refractivity contribution in [2.45, 2.75) is 40.2 Å². The quantitative estimate of drug-likeness (QED) is 0.197. The summed E-state index contributed by atoms with van der Waals surface area (Å²) in [4.78, 5) is 45.7. The highest BCUT2D eigenvalue weighted by molar-refractivity contribution is 6.46. The molecule has 1 aliphatic heterocycles. The minimum atomic E-state index is -0.859. The van der Waals surface area contributed by atoms with Crippen LogP contribution in [0.15, 0.2) is 23.8 Å². The SMILES string of the molecule is CCN(CC)CCCN1C(=O)C(=O)/C(=C(/O)c2c(C)[nH]c(C(=O)OC)c2C)[C@H]1c1ccc(OC)c(OC)c1. The highest BCUT2D eigenvalue weighted by atomic mass is 16.5. The molecule has 1 aromatic carbocycles. The van der Waals surface area contributed by atoms with E-state index in [0.29, 0.717) is 41.3 Å². The summed E-state index contributed by atoms with van der Waals surface area (Å²) >= 11 is 0. The second-order valence-electron chi connectivity index (χ2n) is 9.10. The van der Waals surface area contributed by atoms with Crippen molar-refractivity contribution in [3.8, 4) is 11.5 Å². The Hall–Kier alpha value is -3.79. The number of ketones is 1. The molecule has 2 aromatic rings. The fourth-order valence-corrected chi connectivity index (χ4v) is 5.03. The normalized spacial score (nSPS) is 16.8. The highest BCUT2D eigenvalue weighted by Crippen LogP contribution is 2.43. The number of aromatic nitrogens is 1. The first-order valence-corrected chi connectivity index (χ1v) is 12.6. The molecule has 38 heavy (non-hydrogen) atoms. The van der Waals surface area contributed by atoms with Crippen molar-refractivity contribution in [1.29, 1.82) is 0 Å². The summed E-state index contributed by atoms with van der Waals surface area (Å²) in [6.45, 7) is 10.3. The Morgan fingerprint density at radius 1 is 1.08 bits per heavy atom. The predicted molar refractivity (Wildman–Crippen MR) is 143 cm³/mol. The van der Waals surface area contributed by atoms with Gasteiger partial charge in [0.25, 0.3) is 11.7 Å². The first kappa shape index (κ1) is 28.8. The van der Waals surface area contributed by atoms with Crippen LogP contribution in [0.2, 0.25) is 0 Å². The second-order valence-corrected chi connectivity index (χ2v) is 9.10. The summed E-state index contributed by atoms with van der Waals surface area (Å²) in [5.41, 5.74) is 1.89. The maximum Gasteiger partial charge on any atom is 0.354 e. The third-order valence-electron chi connectivity index (χ3n) is 7.09. The molecule has 0 radical (unpaired) electrons. The van der Waals surface area contributed by atoms with Crippen LogP contribution in [0.5, 0.6) is 11.5 Å². The fraction of sp³-hybridized carbons (Fsp3) is 0.464. The predicted octanol–water partition coefficient (Wildman–Crippen LogP) is 3.59. The summed E-state index contributed by atoms with van der Waals surface area (Å²) in [7, 11) is 4.29. The van der Waals surface area contributed by atoms with Crippen LogP contribution in [-0.4, -0.2) is 85.1 Å². The number of carbonyl (C=O) groups is 3. The second kappa shape index (κ2) is 12.2. The van der Waals surface area contributed by atoms with Gasteiger partial charge < -0.3 is 34.1 Å². The molecule has 206 valence electrons. The van der Waals surface area contributed by atoms with Crippen molar-refractivity contribution < 1.29 is 33.7 Å². The lowest BCUT2D eigenvalue weighted by Crippen LogP contribution is -2.33. The van der Waals surface area contributed by atoms with Crippen LogP contribution < -0.4 is 9.47 Å². The number of aliphatic hydroxyl groups is 1. The largest absolute Gasteiger partial charge is 0.507 e. The number of esters is 1.